The minimum absolute atomic E-state index is 0.349. The molecule has 0 aromatic rings. The maximum atomic E-state index is 5.23. The van der Waals surface area contributed by atoms with Gasteiger partial charge in [-0.3, -0.25) is 0 Å². The van der Waals surface area contributed by atoms with Crippen molar-refractivity contribution >= 4 is 0 Å². The second-order valence-electron chi connectivity index (χ2n) is 3.40. The van der Waals surface area contributed by atoms with Crippen molar-refractivity contribution in [3.63, 3.8) is 0 Å². The van der Waals surface area contributed by atoms with Crippen molar-refractivity contribution in [2.75, 3.05) is 32.9 Å². The van der Waals surface area contributed by atoms with Crippen LogP contribution < -0.4 is 11.5 Å². The van der Waals surface area contributed by atoms with Crippen LogP contribution in [0.2, 0.25) is 0 Å². The first-order valence-corrected chi connectivity index (χ1v) is 5.78. The van der Waals surface area contributed by atoms with Gasteiger partial charge in [0, 0.05) is 19.8 Å². The smallest absolute Gasteiger partial charge is 0.0518 e. The monoisotopic (exact) mass is 220 g/mol. The molecule has 0 spiro atoms. The van der Waals surface area contributed by atoms with Crippen LogP contribution >= 0.6 is 0 Å². The lowest BCUT2D eigenvalue weighted by Gasteiger charge is -2.04. The molecule has 4 N–H and O–H groups in total. The molecule has 0 heterocycles. The molecule has 0 bridgehead atoms. The molecule has 0 saturated carbocycles. The van der Waals surface area contributed by atoms with E-state index in [2.05, 4.69) is 0 Å². The van der Waals surface area contributed by atoms with E-state index in [-0.39, 0.29) is 0 Å². The fourth-order valence-corrected chi connectivity index (χ4v) is 0.732. The van der Waals surface area contributed by atoms with Gasteiger partial charge in [0.25, 0.3) is 0 Å². The van der Waals surface area contributed by atoms with E-state index in [0.717, 1.165) is 45.8 Å². The highest BCUT2D eigenvalue weighted by Crippen LogP contribution is 1.87. The van der Waals surface area contributed by atoms with E-state index in [9.17, 15) is 0 Å². The molecule has 0 amide bonds. The Labute approximate surface area is 94.3 Å². The van der Waals surface area contributed by atoms with Crippen LogP contribution in [0.1, 0.15) is 33.6 Å². The van der Waals surface area contributed by atoms with Gasteiger partial charge >= 0.3 is 0 Å². The van der Waals surface area contributed by atoms with Crippen LogP contribution in [0.15, 0.2) is 0 Å². The SMILES string of the molecule is CC(C)OCCCN.CCOCCCN. The number of ether oxygens (including phenoxy) is 2. The van der Waals surface area contributed by atoms with Gasteiger partial charge in [-0.05, 0) is 46.7 Å². The molecule has 0 saturated heterocycles. The van der Waals surface area contributed by atoms with Gasteiger partial charge in [-0.1, -0.05) is 0 Å². The summed E-state index contributed by atoms with van der Waals surface area (Å²) in [6.07, 6.45) is 2.30. The summed E-state index contributed by atoms with van der Waals surface area (Å²) in [5.41, 5.74) is 10.4. The first kappa shape index (κ1) is 17.2. The average Bonchev–Trinajstić information content (AvgIpc) is 2.20. The third-order valence-electron chi connectivity index (χ3n) is 1.50. The van der Waals surface area contributed by atoms with Gasteiger partial charge in [0.05, 0.1) is 6.10 Å². The van der Waals surface area contributed by atoms with E-state index in [1.807, 2.05) is 20.8 Å². The van der Waals surface area contributed by atoms with Gasteiger partial charge < -0.3 is 20.9 Å². The third kappa shape index (κ3) is 24.8. The fourth-order valence-electron chi connectivity index (χ4n) is 0.732. The van der Waals surface area contributed by atoms with Gasteiger partial charge in [0.15, 0.2) is 0 Å². The summed E-state index contributed by atoms with van der Waals surface area (Å²) < 4.78 is 10.2. The minimum atomic E-state index is 0.349. The normalized spacial score (nSPS) is 10.0. The summed E-state index contributed by atoms with van der Waals surface area (Å²) in [7, 11) is 0. The number of hydrogen-bond acceptors (Lipinski definition) is 4. The van der Waals surface area contributed by atoms with Crippen molar-refractivity contribution < 1.29 is 9.47 Å². The molecule has 0 aromatic heterocycles. The first-order valence-electron chi connectivity index (χ1n) is 5.78. The van der Waals surface area contributed by atoms with E-state index >= 15 is 0 Å². The number of nitrogens with two attached hydrogens (primary N) is 2. The van der Waals surface area contributed by atoms with Crippen molar-refractivity contribution in [1.29, 1.82) is 0 Å². The van der Waals surface area contributed by atoms with Crippen LogP contribution in [0.25, 0.3) is 0 Å². The molecule has 0 atom stereocenters. The molecule has 0 aliphatic heterocycles. The summed E-state index contributed by atoms with van der Waals surface area (Å²) >= 11 is 0. The zero-order chi connectivity index (χ0) is 11.9. The Bertz CT molecular complexity index is 96.6. The van der Waals surface area contributed by atoms with E-state index < -0.39 is 0 Å². The molecule has 0 fully saturated rings. The molecular weight excluding hydrogens is 192 g/mol. The summed E-state index contributed by atoms with van der Waals surface area (Å²) in [6, 6.07) is 0. The van der Waals surface area contributed by atoms with Crippen LogP contribution in [-0.2, 0) is 9.47 Å². The summed E-state index contributed by atoms with van der Waals surface area (Å²) in [4.78, 5) is 0. The fraction of sp³-hybridized carbons (Fsp3) is 1.00. The predicted octanol–water partition coefficient (Wildman–Crippen LogP) is 1.13. The Morgan fingerprint density at radius 1 is 1.00 bits per heavy atom. The van der Waals surface area contributed by atoms with E-state index in [0.29, 0.717) is 6.10 Å². The highest BCUT2D eigenvalue weighted by Gasteiger charge is 1.89. The number of hydrogen-bond donors (Lipinski definition) is 2. The molecule has 0 aromatic carbocycles. The Balaban J connectivity index is 0. The van der Waals surface area contributed by atoms with Gasteiger partial charge in [-0.2, -0.15) is 0 Å². The van der Waals surface area contributed by atoms with Crippen LogP contribution in [-0.4, -0.2) is 39.0 Å². The van der Waals surface area contributed by atoms with Crippen molar-refractivity contribution in [1.82, 2.24) is 0 Å². The Kier molecular flexibility index (Phi) is 18.7. The topological polar surface area (TPSA) is 70.5 Å². The van der Waals surface area contributed by atoms with Gasteiger partial charge in [0.2, 0.25) is 0 Å². The molecule has 0 radical (unpaired) electrons. The molecule has 15 heavy (non-hydrogen) atoms. The lowest BCUT2D eigenvalue weighted by atomic mass is 10.4. The molecule has 0 rings (SSSR count). The second kappa shape index (κ2) is 16.3. The Morgan fingerprint density at radius 3 is 1.93 bits per heavy atom. The van der Waals surface area contributed by atoms with Crippen LogP contribution in [0.4, 0.5) is 0 Å². The highest BCUT2D eigenvalue weighted by molar-refractivity contribution is 4.38. The van der Waals surface area contributed by atoms with Crippen molar-refractivity contribution in [3.8, 4) is 0 Å². The average molecular weight is 220 g/mol. The van der Waals surface area contributed by atoms with Gasteiger partial charge in [0.1, 0.15) is 0 Å². The highest BCUT2D eigenvalue weighted by atomic mass is 16.5. The van der Waals surface area contributed by atoms with Crippen LogP contribution in [0.5, 0.6) is 0 Å². The minimum Gasteiger partial charge on any atom is -0.382 e. The largest absolute Gasteiger partial charge is 0.382 e. The zero-order valence-corrected chi connectivity index (χ0v) is 10.5. The molecule has 4 heteroatoms. The summed E-state index contributed by atoms with van der Waals surface area (Å²) in [5, 5.41) is 0. The molecule has 0 aliphatic carbocycles. The van der Waals surface area contributed by atoms with Gasteiger partial charge in [-0.25, -0.2) is 0 Å². The first-order chi connectivity index (χ1) is 7.18. The zero-order valence-electron chi connectivity index (χ0n) is 10.5. The molecule has 4 nitrogen and oxygen atoms in total. The maximum absolute atomic E-state index is 5.23. The Hall–Kier alpha value is -0.160. The van der Waals surface area contributed by atoms with Gasteiger partial charge in [-0.15, -0.1) is 0 Å². The quantitative estimate of drug-likeness (QED) is 0.602. The molecular formula is C11H28N2O2. The molecule has 94 valence electrons. The standard InChI is InChI=1S/C6H15NO.C5H13NO/c1-6(2)8-5-3-4-7;1-2-7-5-3-4-6/h6H,3-5,7H2,1-2H3;2-6H2,1H3. The predicted molar refractivity (Wildman–Crippen MR) is 64.9 cm³/mol. The lowest BCUT2D eigenvalue weighted by Crippen LogP contribution is -2.08. The van der Waals surface area contributed by atoms with Crippen LogP contribution in [0, 0.1) is 0 Å². The second-order valence-corrected chi connectivity index (χ2v) is 3.40. The van der Waals surface area contributed by atoms with Crippen molar-refractivity contribution in [3.05, 3.63) is 0 Å². The van der Waals surface area contributed by atoms with Crippen LogP contribution in [0.3, 0.4) is 0 Å². The number of rotatable bonds is 8. The molecule has 0 unspecified atom stereocenters. The summed E-state index contributed by atoms with van der Waals surface area (Å²) in [5.74, 6) is 0. The van der Waals surface area contributed by atoms with E-state index in [1.54, 1.807) is 0 Å². The summed E-state index contributed by atoms with van der Waals surface area (Å²) in [6.45, 7) is 9.91. The third-order valence-corrected chi connectivity index (χ3v) is 1.50. The van der Waals surface area contributed by atoms with Crippen molar-refractivity contribution in [2.45, 2.75) is 39.7 Å². The van der Waals surface area contributed by atoms with E-state index in [1.165, 1.54) is 0 Å². The van der Waals surface area contributed by atoms with Crippen molar-refractivity contribution in [2.24, 2.45) is 11.5 Å². The maximum Gasteiger partial charge on any atom is 0.0518 e. The molecule has 0 aliphatic rings. The van der Waals surface area contributed by atoms with E-state index in [4.69, 9.17) is 20.9 Å². The Morgan fingerprint density at radius 2 is 1.53 bits per heavy atom. The lowest BCUT2D eigenvalue weighted by molar-refractivity contribution is 0.0782.